The molecule has 4 heteroatoms. The first-order valence-electron chi connectivity index (χ1n) is 6.79. The average molecular weight is 271 g/mol. The standard InChI is InChI=1S/C15H23F2NO/c1-4-12(5-6-19)9-18-11(3)13-8-14(16)10(2)7-15(13)17/h7-8,11-12,18-19H,4-6,9H2,1-3H3. The van der Waals surface area contributed by atoms with Gasteiger partial charge in [0.25, 0.3) is 0 Å². The van der Waals surface area contributed by atoms with Crippen LogP contribution in [0.5, 0.6) is 0 Å². The lowest BCUT2D eigenvalue weighted by atomic mass is 10.0. The molecule has 1 aromatic rings. The minimum absolute atomic E-state index is 0.155. The molecule has 1 rings (SSSR count). The molecule has 0 bridgehead atoms. The maximum Gasteiger partial charge on any atom is 0.128 e. The third-order valence-electron chi connectivity index (χ3n) is 3.57. The van der Waals surface area contributed by atoms with E-state index < -0.39 is 0 Å². The monoisotopic (exact) mass is 271 g/mol. The van der Waals surface area contributed by atoms with Gasteiger partial charge < -0.3 is 10.4 Å². The van der Waals surface area contributed by atoms with Crippen molar-refractivity contribution in [2.45, 2.75) is 39.7 Å². The van der Waals surface area contributed by atoms with E-state index in [1.165, 1.54) is 12.1 Å². The number of aliphatic hydroxyl groups is 1. The van der Waals surface area contributed by atoms with E-state index in [9.17, 15) is 8.78 Å². The minimum Gasteiger partial charge on any atom is -0.396 e. The molecule has 0 radical (unpaired) electrons. The molecule has 1 aromatic carbocycles. The van der Waals surface area contributed by atoms with Gasteiger partial charge in [0, 0.05) is 18.2 Å². The van der Waals surface area contributed by atoms with Crippen molar-refractivity contribution in [1.82, 2.24) is 5.32 Å². The molecule has 19 heavy (non-hydrogen) atoms. The van der Waals surface area contributed by atoms with Crippen molar-refractivity contribution >= 4 is 0 Å². The smallest absolute Gasteiger partial charge is 0.128 e. The summed E-state index contributed by atoms with van der Waals surface area (Å²) in [6.45, 7) is 6.27. The maximum atomic E-state index is 13.8. The summed E-state index contributed by atoms with van der Waals surface area (Å²) in [6.07, 6.45) is 1.67. The average Bonchev–Trinajstić information content (AvgIpc) is 2.38. The Kier molecular flexibility index (Phi) is 6.38. The molecule has 0 saturated heterocycles. The Morgan fingerprint density at radius 2 is 1.95 bits per heavy atom. The largest absolute Gasteiger partial charge is 0.396 e. The molecule has 2 nitrogen and oxygen atoms in total. The number of halogens is 2. The van der Waals surface area contributed by atoms with Crippen LogP contribution in [0.3, 0.4) is 0 Å². The summed E-state index contributed by atoms with van der Waals surface area (Å²) >= 11 is 0. The molecule has 0 heterocycles. The van der Waals surface area contributed by atoms with E-state index in [4.69, 9.17) is 5.11 Å². The van der Waals surface area contributed by atoms with Crippen LogP contribution in [-0.2, 0) is 0 Å². The highest BCUT2D eigenvalue weighted by atomic mass is 19.1. The summed E-state index contributed by atoms with van der Waals surface area (Å²) in [4.78, 5) is 0. The van der Waals surface area contributed by atoms with Crippen LogP contribution < -0.4 is 5.32 Å². The third-order valence-corrected chi connectivity index (χ3v) is 3.57. The predicted molar refractivity (Wildman–Crippen MR) is 73.0 cm³/mol. The molecule has 2 atom stereocenters. The maximum absolute atomic E-state index is 13.8. The highest BCUT2D eigenvalue weighted by Gasteiger charge is 2.15. The van der Waals surface area contributed by atoms with Crippen molar-refractivity contribution in [3.8, 4) is 0 Å². The Balaban J connectivity index is 2.67. The molecular weight excluding hydrogens is 248 g/mol. The summed E-state index contributed by atoms with van der Waals surface area (Å²) in [5.74, 6) is -0.410. The van der Waals surface area contributed by atoms with Crippen molar-refractivity contribution < 1.29 is 13.9 Å². The zero-order valence-corrected chi connectivity index (χ0v) is 11.8. The molecule has 108 valence electrons. The van der Waals surface area contributed by atoms with Gasteiger partial charge in [-0.3, -0.25) is 0 Å². The number of benzene rings is 1. The Morgan fingerprint density at radius 3 is 2.53 bits per heavy atom. The third kappa shape index (κ3) is 4.55. The number of hydrogen-bond donors (Lipinski definition) is 2. The van der Waals surface area contributed by atoms with Crippen molar-refractivity contribution in [2.24, 2.45) is 5.92 Å². The fourth-order valence-corrected chi connectivity index (χ4v) is 2.08. The topological polar surface area (TPSA) is 32.3 Å². The first-order chi connectivity index (χ1) is 8.99. The number of rotatable bonds is 7. The van der Waals surface area contributed by atoms with Crippen molar-refractivity contribution in [3.05, 3.63) is 34.9 Å². The zero-order chi connectivity index (χ0) is 14.4. The molecule has 0 spiro atoms. The van der Waals surface area contributed by atoms with Gasteiger partial charge in [0.2, 0.25) is 0 Å². The molecule has 2 unspecified atom stereocenters. The Labute approximate surface area is 113 Å². The Morgan fingerprint density at radius 1 is 1.26 bits per heavy atom. The Hall–Kier alpha value is -1.00. The van der Waals surface area contributed by atoms with Crippen molar-refractivity contribution in [3.63, 3.8) is 0 Å². The normalized spacial score (nSPS) is 14.4. The van der Waals surface area contributed by atoms with Crippen LogP contribution in [0.1, 0.15) is 43.9 Å². The van der Waals surface area contributed by atoms with Crippen LogP contribution >= 0.6 is 0 Å². The second-order valence-electron chi connectivity index (χ2n) is 5.04. The fraction of sp³-hybridized carbons (Fsp3) is 0.600. The van der Waals surface area contributed by atoms with Gasteiger partial charge in [-0.15, -0.1) is 0 Å². The van der Waals surface area contributed by atoms with Gasteiger partial charge in [-0.05, 0) is 50.4 Å². The van der Waals surface area contributed by atoms with Crippen LogP contribution in [0.4, 0.5) is 8.78 Å². The quantitative estimate of drug-likeness (QED) is 0.797. The number of nitrogens with one attached hydrogen (secondary N) is 1. The van der Waals surface area contributed by atoms with Crippen LogP contribution in [0.2, 0.25) is 0 Å². The summed E-state index contributed by atoms with van der Waals surface area (Å²) < 4.78 is 27.3. The van der Waals surface area contributed by atoms with Gasteiger partial charge in [-0.1, -0.05) is 13.3 Å². The number of hydrogen-bond acceptors (Lipinski definition) is 2. The van der Waals surface area contributed by atoms with Crippen molar-refractivity contribution in [1.29, 1.82) is 0 Å². The van der Waals surface area contributed by atoms with Crippen molar-refractivity contribution in [2.75, 3.05) is 13.2 Å². The molecule has 0 aliphatic rings. The van der Waals surface area contributed by atoms with Gasteiger partial charge >= 0.3 is 0 Å². The van der Waals surface area contributed by atoms with Crippen LogP contribution in [0, 0.1) is 24.5 Å². The van der Waals surface area contributed by atoms with Gasteiger partial charge in [-0.25, -0.2) is 8.78 Å². The lowest BCUT2D eigenvalue weighted by Gasteiger charge is -2.20. The molecule has 2 N–H and O–H groups in total. The van der Waals surface area contributed by atoms with E-state index in [1.807, 2.05) is 6.92 Å². The van der Waals surface area contributed by atoms with E-state index in [0.29, 0.717) is 23.6 Å². The second kappa shape index (κ2) is 7.56. The molecule has 0 saturated carbocycles. The highest BCUT2D eigenvalue weighted by molar-refractivity contribution is 5.27. The van der Waals surface area contributed by atoms with E-state index >= 15 is 0 Å². The van der Waals surface area contributed by atoms with E-state index in [-0.39, 0.29) is 24.3 Å². The van der Waals surface area contributed by atoms with Gasteiger partial charge in [0.15, 0.2) is 0 Å². The van der Waals surface area contributed by atoms with E-state index in [2.05, 4.69) is 12.2 Å². The number of aliphatic hydroxyl groups excluding tert-OH is 1. The zero-order valence-electron chi connectivity index (χ0n) is 11.8. The summed E-state index contributed by atoms with van der Waals surface area (Å²) in [5, 5.41) is 12.1. The lowest BCUT2D eigenvalue weighted by molar-refractivity contribution is 0.249. The summed E-state index contributed by atoms with van der Waals surface area (Å²) in [7, 11) is 0. The molecule has 0 aliphatic carbocycles. The first kappa shape index (κ1) is 16.1. The SMILES string of the molecule is CCC(CCO)CNC(C)c1cc(F)c(C)cc1F. The molecule has 0 amide bonds. The predicted octanol–water partition coefficient (Wildman–Crippen LogP) is 3.33. The summed E-state index contributed by atoms with van der Waals surface area (Å²) in [6, 6.07) is 2.24. The van der Waals surface area contributed by atoms with Crippen LogP contribution in [0.25, 0.3) is 0 Å². The second-order valence-corrected chi connectivity index (χ2v) is 5.04. The van der Waals surface area contributed by atoms with E-state index in [0.717, 1.165) is 12.8 Å². The molecule has 0 aliphatic heterocycles. The molecule has 0 aromatic heterocycles. The molecule has 0 fully saturated rings. The minimum atomic E-state index is -0.382. The highest BCUT2D eigenvalue weighted by Crippen LogP contribution is 2.21. The number of aryl methyl sites for hydroxylation is 1. The molecular formula is C15H23F2NO. The van der Waals surface area contributed by atoms with Crippen LogP contribution in [0.15, 0.2) is 12.1 Å². The Bertz CT molecular complexity index is 409. The van der Waals surface area contributed by atoms with Crippen LogP contribution in [-0.4, -0.2) is 18.3 Å². The van der Waals surface area contributed by atoms with Gasteiger partial charge in [-0.2, -0.15) is 0 Å². The van der Waals surface area contributed by atoms with E-state index in [1.54, 1.807) is 6.92 Å². The van der Waals surface area contributed by atoms with Gasteiger partial charge in [0.1, 0.15) is 11.6 Å². The first-order valence-corrected chi connectivity index (χ1v) is 6.79. The van der Waals surface area contributed by atoms with Gasteiger partial charge in [0.05, 0.1) is 0 Å². The summed E-state index contributed by atoms with van der Waals surface area (Å²) in [5.41, 5.74) is 0.669. The lowest BCUT2D eigenvalue weighted by Crippen LogP contribution is -2.26. The fourth-order valence-electron chi connectivity index (χ4n) is 2.08.